The van der Waals surface area contributed by atoms with Crippen molar-refractivity contribution < 1.29 is 4.79 Å². The van der Waals surface area contributed by atoms with Crippen molar-refractivity contribution in [3.63, 3.8) is 0 Å². The maximum absolute atomic E-state index is 12.3. The summed E-state index contributed by atoms with van der Waals surface area (Å²) in [6.45, 7) is 8.18. The minimum absolute atomic E-state index is 0.00115. The molecule has 0 aromatic heterocycles. The lowest BCUT2D eigenvalue weighted by Gasteiger charge is -2.23. The van der Waals surface area contributed by atoms with E-state index in [2.05, 4.69) is 19.2 Å². The number of hydrogen-bond acceptors (Lipinski definition) is 2. The maximum atomic E-state index is 12.3. The van der Waals surface area contributed by atoms with Crippen LogP contribution in [0, 0.1) is 5.41 Å². The third kappa shape index (κ3) is 4.46. The van der Waals surface area contributed by atoms with Gasteiger partial charge in [-0.2, -0.15) is 0 Å². The van der Waals surface area contributed by atoms with E-state index in [9.17, 15) is 4.79 Å². The number of nitrogens with one attached hydrogen (secondary N) is 1. The Labute approximate surface area is 127 Å². The Kier molecular flexibility index (Phi) is 4.88. The van der Waals surface area contributed by atoms with Gasteiger partial charge in [-0.1, -0.05) is 26.0 Å². The first-order valence-electron chi connectivity index (χ1n) is 7.79. The molecule has 1 unspecified atom stereocenters. The summed E-state index contributed by atoms with van der Waals surface area (Å²) in [7, 11) is 0. The summed E-state index contributed by atoms with van der Waals surface area (Å²) in [4.78, 5) is 14.3. The van der Waals surface area contributed by atoms with Crippen molar-refractivity contribution >= 4 is 11.7 Å². The van der Waals surface area contributed by atoms with Crippen molar-refractivity contribution in [2.75, 3.05) is 18.4 Å². The van der Waals surface area contributed by atoms with Gasteiger partial charge in [0.2, 0.25) is 0 Å². The van der Waals surface area contributed by atoms with Crippen LogP contribution in [0.1, 0.15) is 51.6 Å². The van der Waals surface area contributed by atoms with Crippen LogP contribution in [0.2, 0.25) is 0 Å². The van der Waals surface area contributed by atoms with Crippen LogP contribution in [-0.2, 0) is 0 Å². The zero-order valence-electron chi connectivity index (χ0n) is 13.4. The van der Waals surface area contributed by atoms with Gasteiger partial charge in [-0.3, -0.25) is 0 Å². The average molecular weight is 289 g/mol. The molecule has 0 aliphatic carbocycles. The lowest BCUT2D eigenvalue weighted by molar-refractivity contribution is 0.211. The first-order valence-corrected chi connectivity index (χ1v) is 7.79. The molecule has 4 heteroatoms. The first kappa shape index (κ1) is 15.8. The molecule has 1 aliphatic heterocycles. The van der Waals surface area contributed by atoms with Crippen molar-refractivity contribution in [3.8, 4) is 0 Å². The molecule has 4 nitrogen and oxygen atoms in total. The summed E-state index contributed by atoms with van der Waals surface area (Å²) in [5, 5.41) is 2.98. The molecule has 1 saturated heterocycles. The van der Waals surface area contributed by atoms with Gasteiger partial charge in [0.05, 0.1) is 0 Å². The van der Waals surface area contributed by atoms with E-state index in [1.807, 2.05) is 36.1 Å². The fourth-order valence-electron chi connectivity index (χ4n) is 2.70. The second kappa shape index (κ2) is 6.48. The van der Waals surface area contributed by atoms with Gasteiger partial charge in [-0.25, -0.2) is 4.79 Å². The molecule has 1 heterocycles. The van der Waals surface area contributed by atoms with E-state index in [0.717, 1.165) is 37.2 Å². The third-order valence-electron chi connectivity index (χ3n) is 4.32. The summed E-state index contributed by atoms with van der Waals surface area (Å²) in [6, 6.07) is 7.78. The molecule has 3 N–H and O–H groups in total. The Morgan fingerprint density at radius 2 is 1.90 bits per heavy atom. The second-order valence-corrected chi connectivity index (χ2v) is 6.85. The Morgan fingerprint density at radius 3 is 2.52 bits per heavy atom. The van der Waals surface area contributed by atoms with E-state index in [1.54, 1.807) is 0 Å². The molecule has 1 aromatic carbocycles. The molecule has 116 valence electrons. The SMILES string of the molecule is CC(N)c1ccc(NC(=O)N2CCCC(C)(C)CC2)cc1. The highest BCUT2D eigenvalue weighted by Gasteiger charge is 2.25. The molecular formula is C17H27N3O. The number of rotatable bonds is 2. The number of urea groups is 1. The Bertz CT molecular complexity index is 479. The van der Waals surface area contributed by atoms with Gasteiger partial charge in [-0.05, 0) is 49.3 Å². The molecule has 1 fully saturated rings. The van der Waals surface area contributed by atoms with Crippen molar-refractivity contribution in [1.82, 2.24) is 4.90 Å². The molecule has 0 bridgehead atoms. The fourth-order valence-corrected chi connectivity index (χ4v) is 2.70. The van der Waals surface area contributed by atoms with Crippen LogP contribution >= 0.6 is 0 Å². The number of amides is 2. The third-order valence-corrected chi connectivity index (χ3v) is 4.32. The van der Waals surface area contributed by atoms with E-state index >= 15 is 0 Å². The molecule has 2 amide bonds. The molecule has 21 heavy (non-hydrogen) atoms. The smallest absolute Gasteiger partial charge is 0.321 e. The standard InChI is InChI=1S/C17H27N3O/c1-13(18)14-5-7-15(8-6-14)19-16(21)20-11-4-9-17(2,3)10-12-20/h5-8,13H,4,9-12,18H2,1-3H3,(H,19,21). The Balaban J connectivity index is 1.94. The molecular weight excluding hydrogens is 262 g/mol. The number of nitrogens with zero attached hydrogens (tertiary/aromatic N) is 1. The predicted molar refractivity (Wildman–Crippen MR) is 87.3 cm³/mol. The normalized spacial score (nSPS) is 19.7. The quantitative estimate of drug-likeness (QED) is 0.871. The van der Waals surface area contributed by atoms with Gasteiger partial charge >= 0.3 is 6.03 Å². The predicted octanol–water partition coefficient (Wildman–Crippen LogP) is 3.75. The van der Waals surface area contributed by atoms with Crippen LogP contribution in [0.5, 0.6) is 0 Å². The van der Waals surface area contributed by atoms with Crippen LogP contribution in [0.25, 0.3) is 0 Å². The second-order valence-electron chi connectivity index (χ2n) is 6.85. The zero-order chi connectivity index (χ0) is 15.5. The highest BCUT2D eigenvalue weighted by atomic mass is 16.2. The molecule has 0 saturated carbocycles. The van der Waals surface area contributed by atoms with Crippen LogP contribution in [-0.4, -0.2) is 24.0 Å². The van der Waals surface area contributed by atoms with Gasteiger partial charge in [0.15, 0.2) is 0 Å². The molecule has 1 aliphatic rings. The topological polar surface area (TPSA) is 58.4 Å². The van der Waals surface area contributed by atoms with Gasteiger partial charge in [-0.15, -0.1) is 0 Å². The Morgan fingerprint density at radius 1 is 1.24 bits per heavy atom. The van der Waals surface area contributed by atoms with Crippen LogP contribution < -0.4 is 11.1 Å². The summed E-state index contributed by atoms with van der Waals surface area (Å²) in [6.07, 6.45) is 3.31. The largest absolute Gasteiger partial charge is 0.325 e. The van der Waals surface area contributed by atoms with E-state index < -0.39 is 0 Å². The van der Waals surface area contributed by atoms with E-state index in [-0.39, 0.29) is 12.1 Å². The summed E-state index contributed by atoms with van der Waals surface area (Å²) in [5.41, 5.74) is 8.07. The summed E-state index contributed by atoms with van der Waals surface area (Å²) in [5.74, 6) is 0. The van der Waals surface area contributed by atoms with E-state index in [0.29, 0.717) is 5.41 Å². The average Bonchev–Trinajstić information content (AvgIpc) is 2.60. The maximum Gasteiger partial charge on any atom is 0.321 e. The lowest BCUT2D eigenvalue weighted by Crippen LogP contribution is -2.36. The van der Waals surface area contributed by atoms with E-state index in [1.165, 1.54) is 6.42 Å². The Hall–Kier alpha value is -1.55. The van der Waals surface area contributed by atoms with Gasteiger partial charge in [0, 0.05) is 24.8 Å². The number of hydrogen-bond donors (Lipinski definition) is 2. The van der Waals surface area contributed by atoms with Gasteiger partial charge in [0.25, 0.3) is 0 Å². The summed E-state index contributed by atoms with van der Waals surface area (Å²) >= 11 is 0. The number of carbonyl (C=O) groups excluding carboxylic acids is 1. The number of anilines is 1. The highest BCUT2D eigenvalue weighted by molar-refractivity contribution is 5.89. The monoisotopic (exact) mass is 289 g/mol. The van der Waals surface area contributed by atoms with Crippen LogP contribution in [0.3, 0.4) is 0 Å². The summed E-state index contributed by atoms with van der Waals surface area (Å²) < 4.78 is 0. The van der Waals surface area contributed by atoms with E-state index in [4.69, 9.17) is 5.73 Å². The number of nitrogens with two attached hydrogens (primary N) is 1. The number of benzene rings is 1. The van der Waals surface area contributed by atoms with Crippen molar-refractivity contribution in [2.24, 2.45) is 11.1 Å². The molecule has 0 spiro atoms. The first-order chi connectivity index (χ1) is 9.87. The van der Waals surface area contributed by atoms with Crippen molar-refractivity contribution in [3.05, 3.63) is 29.8 Å². The van der Waals surface area contributed by atoms with Gasteiger partial charge in [0.1, 0.15) is 0 Å². The minimum atomic E-state index is 0.00115. The lowest BCUT2D eigenvalue weighted by atomic mass is 9.85. The van der Waals surface area contributed by atoms with Crippen LogP contribution in [0.4, 0.5) is 10.5 Å². The number of likely N-dealkylation sites (tertiary alicyclic amines) is 1. The minimum Gasteiger partial charge on any atom is -0.325 e. The molecule has 2 rings (SSSR count). The zero-order valence-corrected chi connectivity index (χ0v) is 13.4. The molecule has 1 aromatic rings. The van der Waals surface area contributed by atoms with Crippen molar-refractivity contribution in [2.45, 2.75) is 46.1 Å². The number of carbonyl (C=O) groups is 1. The molecule has 0 radical (unpaired) electrons. The fraction of sp³-hybridized carbons (Fsp3) is 0.588. The van der Waals surface area contributed by atoms with Gasteiger partial charge < -0.3 is 16.0 Å². The van der Waals surface area contributed by atoms with Crippen LogP contribution in [0.15, 0.2) is 24.3 Å². The molecule has 1 atom stereocenters. The van der Waals surface area contributed by atoms with Crippen molar-refractivity contribution in [1.29, 1.82) is 0 Å². The highest BCUT2D eigenvalue weighted by Crippen LogP contribution is 2.30.